The second-order valence-corrected chi connectivity index (χ2v) is 16.5. The van der Waals surface area contributed by atoms with Crippen LogP contribution in [0.15, 0.2) is 54.6 Å². The minimum Gasteiger partial charge on any atom is -0.391 e. The summed E-state index contributed by atoms with van der Waals surface area (Å²) in [5.41, 5.74) is -13.0. The molecule has 0 atom stereocenters. The smallest absolute Gasteiger partial charge is 0.200 e. The molecule has 7 aromatic carbocycles. The van der Waals surface area contributed by atoms with Crippen LogP contribution < -0.4 is 21.9 Å². The Balaban J connectivity index is 0.000000279. The zero-order valence-electron chi connectivity index (χ0n) is 32.7. The van der Waals surface area contributed by atoms with E-state index in [4.69, 9.17) is 0 Å². The number of fused-ring (bicyclic) bond motifs is 2. The predicted molar refractivity (Wildman–Crippen MR) is 206 cm³/mol. The normalized spacial score (nSPS) is 11.9. The summed E-state index contributed by atoms with van der Waals surface area (Å²) in [4.78, 5) is 0. The van der Waals surface area contributed by atoms with Crippen molar-refractivity contribution < 1.29 is 98.0 Å². The van der Waals surface area contributed by atoms with Gasteiger partial charge in [0.05, 0.1) is 13.2 Å². The average molecular weight is 992 g/mol. The first-order valence-corrected chi connectivity index (χ1v) is 20.3. The number of rotatable bonds is 10. The molecule has 0 unspecified atom stereocenters. The zero-order valence-corrected chi connectivity index (χ0v) is 33.5. The topological polar surface area (TPSA) is 40.5 Å². The van der Waals surface area contributed by atoms with Crippen molar-refractivity contribution in [3.63, 3.8) is 0 Å². The molecule has 0 amide bonds. The lowest BCUT2D eigenvalue weighted by atomic mass is 9.12. The average Bonchev–Trinajstić information content (AvgIpc) is 3.31. The van der Waals surface area contributed by atoms with Crippen molar-refractivity contribution in [3.8, 4) is 0 Å². The van der Waals surface area contributed by atoms with Crippen molar-refractivity contribution >= 4 is 60.4 Å². The van der Waals surface area contributed by atoms with Crippen molar-refractivity contribution in [2.45, 2.75) is 5.75 Å². The first-order valence-electron chi connectivity index (χ1n) is 18.5. The molecule has 0 aliphatic carbocycles. The van der Waals surface area contributed by atoms with Crippen LogP contribution in [0.3, 0.4) is 0 Å². The number of benzene rings is 7. The van der Waals surface area contributed by atoms with E-state index in [0.717, 1.165) is 17.3 Å². The van der Waals surface area contributed by atoms with E-state index in [1.165, 1.54) is 27.1 Å². The number of hydrogen-bond acceptors (Lipinski definition) is 2. The molecule has 0 saturated carbocycles. The molecule has 0 aliphatic heterocycles. The van der Waals surface area contributed by atoms with E-state index in [1.54, 1.807) is 0 Å². The van der Waals surface area contributed by atoms with Gasteiger partial charge in [0, 0.05) is 5.56 Å². The third-order valence-electron chi connectivity index (χ3n) is 10.7. The molecule has 7 aromatic rings. The summed E-state index contributed by atoms with van der Waals surface area (Å²) in [6, 6.07) is 19.2. The third-order valence-corrected chi connectivity index (χ3v) is 12.9. The molecule has 0 aromatic heterocycles. The van der Waals surface area contributed by atoms with Crippen molar-refractivity contribution in [1.82, 2.24) is 0 Å². The van der Waals surface area contributed by atoms with Crippen LogP contribution in [0.2, 0.25) is 0 Å². The van der Waals surface area contributed by atoms with E-state index in [1.807, 2.05) is 0 Å². The molecule has 0 saturated heterocycles. The standard InChI is InChI=1S/C24BF20.C19H21O2S/c26-5-1(6(27)14(35)21(42)13(5)34)25(2-7(28)15(36)22(43)16(37)8(2)29,3-9(30)17(38)23(44)18(39)10(3)31)4-11(32)19(40)24(45)20(41)12(4)33;20-9-11-22(12-10-21)14-19-17-7-3-1-5-15(17)13-16-6-2-4-8-18(16)19/h;1-8,13,20-21H,9-12,14H2/q-1;+1. The van der Waals surface area contributed by atoms with Crippen molar-refractivity contribution in [2.75, 3.05) is 24.7 Å². The Morgan fingerprint density at radius 3 is 0.791 bits per heavy atom. The number of aliphatic hydroxyl groups excluding tert-OH is 2. The van der Waals surface area contributed by atoms with Gasteiger partial charge in [-0.3, -0.25) is 0 Å². The molecule has 0 bridgehead atoms. The summed E-state index contributed by atoms with van der Waals surface area (Å²) in [5.74, 6) is -69.0. The van der Waals surface area contributed by atoms with Gasteiger partial charge in [-0.25, -0.2) is 87.8 Å². The van der Waals surface area contributed by atoms with Gasteiger partial charge in [0.2, 0.25) is 0 Å². The predicted octanol–water partition coefficient (Wildman–Crippen LogP) is 8.94. The molecular weight excluding hydrogens is 971 g/mol. The Morgan fingerprint density at radius 2 is 0.552 bits per heavy atom. The maximum Gasteiger partial charge on any atom is 0.200 e. The zero-order chi connectivity index (χ0) is 49.7. The van der Waals surface area contributed by atoms with Crippen LogP contribution in [0.5, 0.6) is 0 Å². The van der Waals surface area contributed by atoms with Crippen LogP contribution in [-0.2, 0) is 16.6 Å². The van der Waals surface area contributed by atoms with Crippen LogP contribution in [0, 0.1) is 116 Å². The molecule has 24 heteroatoms. The van der Waals surface area contributed by atoms with Gasteiger partial charge in [0.25, 0.3) is 0 Å². The summed E-state index contributed by atoms with van der Waals surface area (Å²) in [7, 11) is 0.0125. The fraction of sp³-hybridized carbons (Fsp3) is 0.116. The van der Waals surface area contributed by atoms with Crippen LogP contribution in [0.4, 0.5) is 87.8 Å². The molecule has 0 heterocycles. The summed E-state index contributed by atoms with van der Waals surface area (Å²) in [5, 5.41) is 23.7. The van der Waals surface area contributed by atoms with Crippen molar-refractivity contribution in [1.29, 1.82) is 0 Å². The molecule has 354 valence electrons. The highest BCUT2D eigenvalue weighted by atomic mass is 32.2. The summed E-state index contributed by atoms with van der Waals surface area (Å²) in [6.07, 6.45) is -7.22. The van der Waals surface area contributed by atoms with Crippen molar-refractivity contribution in [3.05, 3.63) is 177 Å². The second kappa shape index (κ2) is 19.3. The third kappa shape index (κ3) is 8.08. The van der Waals surface area contributed by atoms with Gasteiger partial charge in [0.15, 0.2) is 69.8 Å². The second-order valence-electron chi connectivity index (χ2n) is 14.2. The SMILES string of the molecule is Fc1c(F)c(F)c([B-](c2c(F)c(F)c(F)c(F)c2F)(c2c(F)c(F)c(F)c(F)c2F)c2c(F)c(F)c(F)c(F)c2F)c(F)c1F.OCC[S+](CCO)Cc1c2ccccc2cc2ccccc12. The van der Waals surface area contributed by atoms with Gasteiger partial charge in [-0.1, -0.05) is 48.5 Å². The Morgan fingerprint density at radius 1 is 0.328 bits per heavy atom. The van der Waals surface area contributed by atoms with Crippen molar-refractivity contribution in [2.24, 2.45) is 0 Å². The summed E-state index contributed by atoms with van der Waals surface area (Å²) < 4.78 is 294. The lowest BCUT2D eigenvalue weighted by Crippen LogP contribution is -2.81. The van der Waals surface area contributed by atoms with Crippen LogP contribution >= 0.6 is 0 Å². The van der Waals surface area contributed by atoms with Gasteiger partial charge >= 0.3 is 0 Å². The Labute approximate surface area is 365 Å². The fourth-order valence-electron chi connectivity index (χ4n) is 7.85. The van der Waals surface area contributed by atoms with E-state index in [2.05, 4.69) is 54.6 Å². The Hall–Kier alpha value is -6.01. The maximum absolute atomic E-state index is 15.4. The molecular formula is C43H21BF20O2S. The molecule has 0 spiro atoms. The summed E-state index contributed by atoms with van der Waals surface area (Å²) >= 11 is 0. The molecule has 0 fully saturated rings. The first-order chi connectivity index (χ1) is 31.5. The van der Waals surface area contributed by atoms with Gasteiger partial charge in [0.1, 0.15) is 69.9 Å². The molecule has 67 heavy (non-hydrogen) atoms. The Bertz CT molecular complexity index is 2670. The van der Waals surface area contributed by atoms with E-state index in [0.29, 0.717) is 0 Å². The number of aliphatic hydroxyl groups is 2. The lowest BCUT2D eigenvalue weighted by Gasteiger charge is -2.44. The maximum atomic E-state index is 15.4. The largest absolute Gasteiger partial charge is 0.391 e. The van der Waals surface area contributed by atoms with Gasteiger partial charge < -0.3 is 10.2 Å². The van der Waals surface area contributed by atoms with E-state index >= 15 is 35.1 Å². The number of halogens is 20. The van der Waals surface area contributed by atoms with Gasteiger partial charge in [-0.05, 0) is 38.5 Å². The quantitative estimate of drug-likeness (QED) is 0.0359. The first kappa shape index (κ1) is 50.4. The van der Waals surface area contributed by atoms with Crippen LogP contribution in [0.1, 0.15) is 5.56 Å². The highest BCUT2D eigenvalue weighted by Gasteiger charge is 2.52. The van der Waals surface area contributed by atoms with E-state index in [-0.39, 0.29) is 24.1 Å². The van der Waals surface area contributed by atoms with E-state index < -0.39 is 144 Å². The molecule has 7 rings (SSSR count). The fourth-order valence-corrected chi connectivity index (χ4v) is 9.57. The highest BCUT2D eigenvalue weighted by molar-refractivity contribution is 7.96. The summed E-state index contributed by atoms with van der Waals surface area (Å²) in [6.45, 7) is 0.373. The number of hydrogen-bond donors (Lipinski definition) is 2. The molecule has 2 nitrogen and oxygen atoms in total. The minimum atomic E-state index is -7.22. The Kier molecular flexibility index (Phi) is 14.5. The molecule has 0 aliphatic rings. The van der Waals surface area contributed by atoms with Crippen LogP contribution in [0.25, 0.3) is 21.5 Å². The minimum absolute atomic E-state index is 0.0125. The van der Waals surface area contributed by atoms with Crippen LogP contribution in [-0.4, -0.2) is 41.1 Å². The lowest BCUT2D eigenvalue weighted by molar-refractivity contribution is 0.316. The van der Waals surface area contributed by atoms with E-state index in [9.17, 15) is 62.9 Å². The van der Waals surface area contributed by atoms with Gasteiger partial charge in [-0.2, -0.15) is 0 Å². The molecule has 0 radical (unpaired) electrons. The molecule has 2 N–H and O–H groups in total. The highest BCUT2D eigenvalue weighted by Crippen LogP contribution is 2.33. The van der Waals surface area contributed by atoms with Gasteiger partial charge in [-0.15, -0.1) is 21.9 Å². The monoisotopic (exact) mass is 992 g/mol.